The molecule has 5 nitrogen and oxygen atoms in total. The maximum atomic E-state index is 7.11. The van der Waals surface area contributed by atoms with Crippen LogP contribution in [0.2, 0.25) is 0 Å². The SMILES string of the molecule is c1ccc(C2=NC(c3ccccc3)NC(c3ccc(-n4c5ccc6ccccc6c5c5c6ccccc6ccc54)c4oc5ccc6ccccc6c5c34)=N2)cc1. The molecule has 1 aliphatic heterocycles. The number of rotatable bonds is 4. The van der Waals surface area contributed by atoms with Crippen molar-refractivity contribution in [3.05, 3.63) is 199 Å². The van der Waals surface area contributed by atoms with Crippen molar-refractivity contribution >= 4 is 87.7 Å². The maximum absolute atomic E-state index is 7.11. The molecule has 12 rings (SSSR count). The second-order valence-electron chi connectivity index (χ2n) is 14.5. The Morgan fingerprint density at radius 1 is 0.482 bits per heavy atom. The van der Waals surface area contributed by atoms with Crippen molar-refractivity contribution in [1.82, 2.24) is 9.88 Å². The molecule has 9 aromatic carbocycles. The Kier molecular flexibility index (Phi) is 6.63. The minimum absolute atomic E-state index is 0.331. The first-order chi connectivity index (χ1) is 27.8. The van der Waals surface area contributed by atoms with E-state index in [1.807, 2.05) is 24.3 Å². The van der Waals surface area contributed by atoms with Gasteiger partial charge in [0.1, 0.15) is 17.6 Å². The molecule has 0 radical (unpaired) electrons. The number of nitrogens with zero attached hydrogens (tertiary/aromatic N) is 3. The quantitative estimate of drug-likeness (QED) is 0.197. The number of nitrogens with one attached hydrogen (secondary N) is 1. The van der Waals surface area contributed by atoms with Crippen LogP contribution in [0.3, 0.4) is 0 Å². The van der Waals surface area contributed by atoms with Crippen LogP contribution in [0.15, 0.2) is 196 Å². The van der Waals surface area contributed by atoms with Gasteiger partial charge in [-0.3, -0.25) is 0 Å². The first-order valence-electron chi connectivity index (χ1n) is 19.0. The van der Waals surface area contributed by atoms with Gasteiger partial charge in [-0.25, -0.2) is 9.98 Å². The smallest absolute Gasteiger partial charge is 0.160 e. The van der Waals surface area contributed by atoms with Crippen molar-refractivity contribution in [1.29, 1.82) is 0 Å². The van der Waals surface area contributed by atoms with Crippen molar-refractivity contribution in [3.8, 4) is 5.69 Å². The topological polar surface area (TPSA) is 54.8 Å². The average molecular weight is 717 g/mol. The van der Waals surface area contributed by atoms with Gasteiger partial charge in [0, 0.05) is 32.7 Å². The molecule has 0 bridgehead atoms. The molecule has 1 N–H and O–H groups in total. The van der Waals surface area contributed by atoms with Crippen LogP contribution in [0.4, 0.5) is 0 Å². The molecule has 1 unspecified atom stereocenters. The number of benzene rings is 9. The molecule has 0 saturated carbocycles. The highest BCUT2D eigenvalue weighted by molar-refractivity contribution is 6.31. The number of hydrogen-bond donors (Lipinski definition) is 1. The monoisotopic (exact) mass is 716 g/mol. The van der Waals surface area contributed by atoms with E-state index in [9.17, 15) is 0 Å². The van der Waals surface area contributed by atoms with Crippen molar-refractivity contribution < 1.29 is 4.42 Å². The Hall–Kier alpha value is -7.50. The Bertz CT molecular complexity index is 3350. The lowest BCUT2D eigenvalue weighted by molar-refractivity contribution is 0.665. The fourth-order valence-corrected chi connectivity index (χ4v) is 8.92. The summed E-state index contributed by atoms with van der Waals surface area (Å²) in [6, 6.07) is 64.3. The fourth-order valence-electron chi connectivity index (χ4n) is 8.92. The van der Waals surface area contributed by atoms with Gasteiger partial charge < -0.3 is 14.3 Å². The molecular weight excluding hydrogens is 685 g/mol. The van der Waals surface area contributed by atoms with Crippen molar-refractivity contribution in [2.24, 2.45) is 9.98 Å². The Balaban J connectivity index is 1.20. The molecule has 2 aromatic heterocycles. The fraction of sp³-hybridized carbons (Fsp3) is 0.0196. The summed E-state index contributed by atoms with van der Waals surface area (Å²) in [6.45, 7) is 0. The lowest BCUT2D eigenvalue weighted by atomic mass is 9.99. The highest BCUT2D eigenvalue weighted by atomic mass is 16.3. The molecule has 0 spiro atoms. The molecule has 262 valence electrons. The van der Waals surface area contributed by atoms with Crippen LogP contribution in [0.5, 0.6) is 0 Å². The second-order valence-corrected chi connectivity index (χ2v) is 14.5. The zero-order valence-electron chi connectivity index (χ0n) is 30.1. The highest BCUT2D eigenvalue weighted by Gasteiger charge is 2.27. The lowest BCUT2D eigenvalue weighted by Gasteiger charge is -2.24. The largest absolute Gasteiger partial charge is 0.454 e. The van der Waals surface area contributed by atoms with Gasteiger partial charge in [-0.1, -0.05) is 152 Å². The van der Waals surface area contributed by atoms with Crippen LogP contribution in [0.1, 0.15) is 22.9 Å². The summed E-state index contributed by atoms with van der Waals surface area (Å²) in [5, 5.41) is 15.5. The third-order valence-electron chi connectivity index (χ3n) is 11.4. The molecule has 1 atom stereocenters. The first-order valence-corrected chi connectivity index (χ1v) is 19.0. The second kappa shape index (κ2) is 12.0. The maximum Gasteiger partial charge on any atom is 0.160 e. The first kappa shape index (κ1) is 30.9. The van der Waals surface area contributed by atoms with Gasteiger partial charge in [-0.2, -0.15) is 0 Å². The van der Waals surface area contributed by atoms with Gasteiger partial charge in [0.05, 0.1) is 16.7 Å². The summed E-state index contributed by atoms with van der Waals surface area (Å²) in [4.78, 5) is 10.4. The third kappa shape index (κ3) is 4.55. The molecular formula is C51H32N4O. The van der Waals surface area contributed by atoms with E-state index in [0.717, 1.165) is 72.0 Å². The number of amidine groups is 2. The van der Waals surface area contributed by atoms with Gasteiger partial charge in [-0.15, -0.1) is 0 Å². The van der Waals surface area contributed by atoms with Gasteiger partial charge in [0.2, 0.25) is 0 Å². The third-order valence-corrected chi connectivity index (χ3v) is 11.4. The minimum Gasteiger partial charge on any atom is -0.454 e. The number of fused-ring (bicyclic) bond motifs is 12. The van der Waals surface area contributed by atoms with E-state index in [4.69, 9.17) is 14.4 Å². The van der Waals surface area contributed by atoms with Gasteiger partial charge >= 0.3 is 0 Å². The van der Waals surface area contributed by atoms with Crippen molar-refractivity contribution in [2.75, 3.05) is 0 Å². The summed E-state index contributed by atoms with van der Waals surface area (Å²) in [5.41, 5.74) is 7.86. The normalized spacial score (nSPS) is 14.6. The summed E-state index contributed by atoms with van der Waals surface area (Å²) in [6.07, 6.45) is -0.331. The van der Waals surface area contributed by atoms with E-state index in [-0.39, 0.29) is 6.17 Å². The summed E-state index contributed by atoms with van der Waals surface area (Å²) in [7, 11) is 0. The molecule has 0 amide bonds. The number of aromatic nitrogens is 1. The zero-order chi connectivity index (χ0) is 36.7. The number of furan rings is 1. The Morgan fingerprint density at radius 3 is 1.68 bits per heavy atom. The summed E-state index contributed by atoms with van der Waals surface area (Å²) >= 11 is 0. The van der Waals surface area contributed by atoms with Gasteiger partial charge in [0.25, 0.3) is 0 Å². The van der Waals surface area contributed by atoms with Crippen LogP contribution < -0.4 is 5.32 Å². The highest BCUT2D eigenvalue weighted by Crippen LogP contribution is 2.45. The standard InChI is InChI=1S/C51H32N4O/c1-3-16-34(17-4-1)49-52-50(35-18-5-2-6-19-35)54-51(53-49)39-26-29-42(48-47(39)46-38-22-12-9-15-33(38)25-30-43(46)56-48)55-40-27-23-31-13-7-10-20-36(31)44(40)45-37-21-11-8-14-32(37)24-28-41(45)55/h1-30,49H,(H,52,53,54). The van der Waals surface area contributed by atoms with Crippen molar-refractivity contribution in [3.63, 3.8) is 0 Å². The van der Waals surface area contributed by atoms with Crippen molar-refractivity contribution in [2.45, 2.75) is 6.17 Å². The minimum atomic E-state index is -0.331. The molecule has 1 aliphatic rings. The number of aliphatic imine (C=N–C) groups is 2. The van der Waals surface area contributed by atoms with E-state index < -0.39 is 0 Å². The van der Waals surface area contributed by atoms with E-state index in [0.29, 0.717) is 5.84 Å². The van der Waals surface area contributed by atoms with E-state index in [2.05, 4.69) is 168 Å². The summed E-state index contributed by atoms with van der Waals surface area (Å²) in [5.74, 6) is 1.43. The lowest BCUT2D eigenvalue weighted by Crippen LogP contribution is -2.33. The van der Waals surface area contributed by atoms with Crippen LogP contribution in [-0.4, -0.2) is 16.2 Å². The number of hydrogen-bond acceptors (Lipinski definition) is 4. The Morgan fingerprint density at radius 2 is 1.04 bits per heavy atom. The zero-order valence-corrected chi connectivity index (χ0v) is 30.1. The van der Waals surface area contributed by atoms with Crippen LogP contribution in [0.25, 0.3) is 81.7 Å². The average Bonchev–Trinajstić information content (AvgIpc) is 3.84. The van der Waals surface area contributed by atoms with E-state index in [1.54, 1.807) is 0 Å². The molecule has 3 heterocycles. The Labute approximate surface area is 321 Å². The van der Waals surface area contributed by atoms with Gasteiger partial charge in [-0.05, 0) is 68.2 Å². The van der Waals surface area contributed by atoms with Crippen LogP contribution in [0, 0.1) is 0 Å². The van der Waals surface area contributed by atoms with Crippen LogP contribution >= 0.6 is 0 Å². The molecule has 11 aromatic rings. The molecule has 0 fully saturated rings. The van der Waals surface area contributed by atoms with E-state index in [1.165, 1.54) is 32.3 Å². The van der Waals surface area contributed by atoms with E-state index >= 15 is 0 Å². The molecule has 5 heteroatoms. The van der Waals surface area contributed by atoms with Gasteiger partial charge in [0.15, 0.2) is 11.4 Å². The molecule has 0 aliphatic carbocycles. The predicted molar refractivity (Wildman–Crippen MR) is 232 cm³/mol. The summed E-state index contributed by atoms with van der Waals surface area (Å²) < 4.78 is 9.51. The predicted octanol–water partition coefficient (Wildman–Crippen LogP) is 12.6. The van der Waals surface area contributed by atoms with Crippen LogP contribution in [-0.2, 0) is 0 Å². The molecule has 56 heavy (non-hydrogen) atoms. The molecule has 0 saturated heterocycles.